The molecule has 17 heteroatoms. The number of amides is 5. The molecule has 4 N–H and O–H groups in total. The molecule has 0 bridgehead atoms. The second kappa shape index (κ2) is 18.2. The first-order valence-electron chi connectivity index (χ1n) is 18.1. The van der Waals surface area contributed by atoms with Gasteiger partial charge in [0.05, 0.1) is 0 Å². The Morgan fingerprint density at radius 2 is 1.23 bits per heavy atom. The minimum atomic E-state index is -0.900. The molecule has 1 aromatic heterocycles. The molecule has 0 fully saturated rings. The van der Waals surface area contributed by atoms with Gasteiger partial charge in [0.25, 0.3) is 5.91 Å². The standard InChI is InChI=1S/C39H55N7O10/c1-36(2,3)53-32(48)42-30(43-33(49)54-37(4,5)6)40-23-24-13-15-26(16-14-24)41-29(47)28-18-17-27(52-28)25-19-21-46(22-20-25)31(44-34(50)55-38(7,8)9)45-35(51)56-39(10,11)12/h13-19H,20-23H2,1-12H3,(H,41,47)(H,44,45,50,51)(H2,40,42,43,48,49). The van der Waals surface area contributed by atoms with Gasteiger partial charge < -0.3 is 38.9 Å². The number of alkyl carbamates (subject to hydrolysis) is 2. The summed E-state index contributed by atoms with van der Waals surface area (Å²) >= 11 is 0. The zero-order valence-corrected chi connectivity index (χ0v) is 34.3. The van der Waals surface area contributed by atoms with Gasteiger partial charge in [-0.05, 0) is 125 Å². The molecule has 0 spiro atoms. The van der Waals surface area contributed by atoms with Gasteiger partial charge in [0, 0.05) is 25.3 Å². The third kappa shape index (κ3) is 16.7. The van der Waals surface area contributed by atoms with Gasteiger partial charge in [-0.2, -0.15) is 0 Å². The van der Waals surface area contributed by atoms with Crippen molar-refractivity contribution in [1.29, 1.82) is 0 Å². The van der Waals surface area contributed by atoms with Gasteiger partial charge >= 0.3 is 24.4 Å². The normalized spacial score (nSPS) is 14.2. The monoisotopic (exact) mass is 781 g/mol. The van der Waals surface area contributed by atoms with Crippen LogP contribution in [-0.2, 0) is 25.5 Å². The number of furan rings is 1. The van der Waals surface area contributed by atoms with E-state index in [-0.39, 0.29) is 30.8 Å². The van der Waals surface area contributed by atoms with Crippen molar-refractivity contribution in [3.63, 3.8) is 0 Å². The van der Waals surface area contributed by atoms with Crippen molar-refractivity contribution in [2.75, 3.05) is 18.4 Å². The third-order valence-electron chi connectivity index (χ3n) is 6.75. The highest BCUT2D eigenvalue weighted by molar-refractivity contribution is 6.03. The minimum Gasteiger partial charge on any atom is -0.451 e. The van der Waals surface area contributed by atoms with Crippen LogP contribution in [0.25, 0.3) is 5.57 Å². The molecule has 2 heterocycles. The summed E-state index contributed by atoms with van der Waals surface area (Å²) in [5.74, 6) is -0.0687. The number of nitrogens with one attached hydrogen (secondary N) is 4. The van der Waals surface area contributed by atoms with Crippen molar-refractivity contribution < 1.29 is 47.3 Å². The summed E-state index contributed by atoms with van der Waals surface area (Å²) in [5, 5.41) is 10.7. The molecule has 2 aromatic rings. The van der Waals surface area contributed by atoms with Crippen LogP contribution in [0.1, 0.15) is 111 Å². The number of anilines is 1. The van der Waals surface area contributed by atoms with Crippen LogP contribution in [0, 0.1) is 0 Å². The van der Waals surface area contributed by atoms with Gasteiger partial charge in [0.15, 0.2) is 5.76 Å². The number of rotatable bonds is 5. The number of hydrogen-bond donors (Lipinski definition) is 4. The fourth-order valence-corrected chi connectivity index (χ4v) is 4.63. The quantitative estimate of drug-likeness (QED) is 0.133. The Kier molecular flexibility index (Phi) is 14.5. The third-order valence-corrected chi connectivity index (χ3v) is 6.75. The zero-order valence-electron chi connectivity index (χ0n) is 34.3. The predicted molar refractivity (Wildman–Crippen MR) is 210 cm³/mol. The molecule has 1 aromatic carbocycles. The molecule has 0 aliphatic carbocycles. The fraction of sp³-hybridized carbons (Fsp3) is 0.513. The van der Waals surface area contributed by atoms with E-state index >= 15 is 0 Å². The van der Waals surface area contributed by atoms with Crippen LogP contribution in [0.3, 0.4) is 0 Å². The molecule has 0 radical (unpaired) electrons. The SMILES string of the molecule is CC(C)(C)OC(=O)/N=C(/NCc1ccc(NC(=O)c2ccc(C3=CCN(/C(=N\C(=O)OC(C)(C)C)NC(=O)OC(C)(C)C)CC3)o2)cc1)NC(=O)OC(C)(C)C. The van der Waals surface area contributed by atoms with E-state index in [0.29, 0.717) is 24.4 Å². The lowest BCUT2D eigenvalue weighted by Crippen LogP contribution is -2.48. The predicted octanol–water partition coefficient (Wildman–Crippen LogP) is 7.34. The first-order chi connectivity index (χ1) is 25.7. The summed E-state index contributed by atoms with van der Waals surface area (Å²) in [5.41, 5.74) is -1.07. The Bertz CT molecular complexity index is 1830. The second-order valence-electron chi connectivity index (χ2n) is 16.7. The first-order valence-corrected chi connectivity index (χ1v) is 18.1. The Hall–Kier alpha value is -5.87. The van der Waals surface area contributed by atoms with Crippen LogP contribution >= 0.6 is 0 Å². The number of ether oxygens (including phenoxy) is 4. The van der Waals surface area contributed by atoms with Crippen LogP contribution in [0.15, 0.2) is 56.9 Å². The number of benzene rings is 1. The van der Waals surface area contributed by atoms with E-state index in [2.05, 4.69) is 31.3 Å². The van der Waals surface area contributed by atoms with Gasteiger partial charge in [-0.25, -0.2) is 19.2 Å². The Balaban J connectivity index is 1.64. The molecular weight excluding hydrogens is 726 g/mol. The van der Waals surface area contributed by atoms with Gasteiger partial charge in [-0.15, -0.1) is 9.98 Å². The van der Waals surface area contributed by atoms with Crippen LogP contribution in [0.2, 0.25) is 0 Å². The van der Waals surface area contributed by atoms with Gasteiger partial charge in [-0.3, -0.25) is 15.4 Å². The average molecular weight is 782 g/mol. The number of carbonyl (C=O) groups is 5. The first kappa shape index (κ1) is 44.5. The molecule has 0 atom stereocenters. The maximum atomic E-state index is 13.1. The lowest BCUT2D eigenvalue weighted by Gasteiger charge is -2.29. The van der Waals surface area contributed by atoms with Crippen molar-refractivity contribution in [2.24, 2.45) is 9.98 Å². The molecular formula is C39H55N7O10. The van der Waals surface area contributed by atoms with Crippen LogP contribution in [0.4, 0.5) is 24.9 Å². The number of aliphatic imine (C=N–C) groups is 2. The zero-order chi connectivity index (χ0) is 42.1. The maximum absolute atomic E-state index is 13.1. The van der Waals surface area contributed by atoms with Gasteiger partial charge in [0.2, 0.25) is 11.9 Å². The summed E-state index contributed by atoms with van der Waals surface area (Å²) in [7, 11) is 0. The van der Waals surface area contributed by atoms with E-state index in [4.69, 9.17) is 23.4 Å². The molecule has 56 heavy (non-hydrogen) atoms. The van der Waals surface area contributed by atoms with Crippen molar-refractivity contribution in [2.45, 2.75) is 118 Å². The minimum absolute atomic E-state index is 0.0167. The molecule has 5 amide bonds. The van der Waals surface area contributed by atoms with Crippen molar-refractivity contribution in [3.8, 4) is 0 Å². The Labute approximate surface area is 327 Å². The number of nitrogens with zero attached hydrogens (tertiary/aromatic N) is 3. The summed E-state index contributed by atoms with van der Waals surface area (Å²) < 4.78 is 27.1. The van der Waals surface area contributed by atoms with E-state index < -0.39 is 52.7 Å². The Morgan fingerprint density at radius 3 is 1.75 bits per heavy atom. The smallest absolute Gasteiger partial charge is 0.437 e. The van der Waals surface area contributed by atoms with Gasteiger partial charge in [-0.1, -0.05) is 18.2 Å². The molecule has 0 saturated carbocycles. The lowest BCUT2D eigenvalue weighted by molar-refractivity contribution is 0.0539. The van der Waals surface area contributed by atoms with Crippen LogP contribution < -0.4 is 21.3 Å². The largest absolute Gasteiger partial charge is 0.451 e. The summed E-state index contributed by atoms with van der Waals surface area (Å²) in [4.78, 5) is 72.5. The lowest BCUT2D eigenvalue weighted by atomic mass is 10.1. The number of carbonyl (C=O) groups excluding carboxylic acids is 5. The number of guanidine groups is 2. The van der Waals surface area contributed by atoms with E-state index in [1.54, 1.807) is 124 Å². The summed E-state index contributed by atoms with van der Waals surface area (Å²) in [6, 6.07) is 10.1. The highest BCUT2D eigenvalue weighted by Crippen LogP contribution is 2.25. The summed E-state index contributed by atoms with van der Waals surface area (Å²) in [6.07, 6.45) is -1.04. The Morgan fingerprint density at radius 1 is 0.696 bits per heavy atom. The molecule has 17 nitrogen and oxygen atoms in total. The summed E-state index contributed by atoms with van der Waals surface area (Å²) in [6.45, 7) is 21.3. The van der Waals surface area contributed by atoms with E-state index in [1.165, 1.54) is 0 Å². The van der Waals surface area contributed by atoms with Crippen LogP contribution in [-0.4, -0.2) is 82.6 Å². The van der Waals surface area contributed by atoms with E-state index in [9.17, 15) is 24.0 Å². The van der Waals surface area contributed by atoms with E-state index in [0.717, 1.165) is 11.1 Å². The topological polar surface area (TPSA) is 211 Å². The molecule has 0 saturated heterocycles. The molecule has 0 unspecified atom stereocenters. The molecule has 3 rings (SSSR count). The molecule has 306 valence electrons. The van der Waals surface area contributed by atoms with Gasteiger partial charge in [0.1, 0.15) is 28.2 Å². The molecule has 1 aliphatic rings. The van der Waals surface area contributed by atoms with Crippen molar-refractivity contribution in [3.05, 3.63) is 59.6 Å². The highest BCUT2D eigenvalue weighted by Gasteiger charge is 2.26. The maximum Gasteiger partial charge on any atom is 0.437 e. The molecule has 1 aliphatic heterocycles. The van der Waals surface area contributed by atoms with Crippen molar-refractivity contribution in [1.82, 2.24) is 20.9 Å². The highest BCUT2D eigenvalue weighted by atomic mass is 16.6. The second-order valence-corrected chi connectivity index (χ2v) is 16.7. The fourth-order valence-electron chi connectivity index (χ4n) is 4.63. The number of hydrogen-bond acceptors (Lipinski definition) is 10. The average Bonchev–Trinajstić information content (AvgIpc) is 3.51. The van der Waals surface area contributed by atoms with Crippen molar-refractivity contribution >= 4 is 53.5 Å². The van der Waals surface area contributed by atoms with E-state index in [1.807, 2.05) is 6.08 Å². The van der Waals surface area contributed by atoms with Crippen LogP contribution in [0.5, 0.6) is 0 Å².